The number of nitrogens with zero attached hydrogens (tertiary/aromatic N) is 6. The lowest BCUT2D eigenvalue weighted by atomic mass is 10.2. The Hall–Kier alpha value is -2.31. The Labute approximate surface area is 206 Å². The number of amides is 1. The Balaban J connectivity index is 2.09. The lowest BCUT2D eigenvalue weighted by molar-refractivity contribution is -0.202. The molecular formula is C15H13ClF3IN7O6P. The fraction of sp³-hybridized carbons (Fsp3) is 0.267. The van der Waals surface area contributed by atoms with Gasteiger partial charge in [-0.1, -0.05) is 11.6 Å². The fourth-order valence-corrected chi connectivity index (χ4v) is 3.97. The number of primary amides is 1. The van der Waals surface area contributed by atoms with Crippen LogP contribution in [0.4, 0.5) is 13.2 Å². The molecule has 0 saturated carbocycles. The monoisotopic (exact) mass is 637 g/mol. The van der Waals surface area contributed by atoms with Crippen molar-refractivity contribution in [3.8, 4) is 11.4 Å². The highest BCUT2D eigenvalue weighted by atomic mass is 127. The van der Waals surface area contributed by atoms with Crippen LogP contribution in [0.3, 0.4) is 0 Å². The first-order valence-corrected chi connectivity index (χ1v) is 11.7. The highest BCUT2D eigenvalue weighted by Gasteiger charge is 2.45. The quantitative estimate of drug-likeness (QED) is 0.243. The zero-order chi connectivity index (χ0) is 25.4. The molecule has 0 spiro atoms. The maximum absolute atomic E-state index is 13.4. The highest BCUT2D eigenvalue weighted by Crippen LogP contribution is 2.42. The van der Waals surface area contributed by atoms with E-state index in [1.54, 1.807) is 22.9 Å². The zero-order valence-corrected chi connectivity index (χ0v) is 20.2. The van der Waals surface area contributed by atoms with Gasteiger partial charge in [0.1, 0.15) is 6.54 Å². The van der Waals surface area contributed by atoms with Crippen LogP contribution in [0.1, 0.15) is 16.4 Å². The van der Waals surface area contributed by atoms with Gasteiger partial charge >= 0.3 is 19.7 Å². The van der Waals surface area contributed by atoms with Crippen LogP contribution in [0, 0.1) is 0 Å². The van der Waals surface area contributed by atoms with Crippen molar-refractivity contribution < 1.29 is 36.8 Å². The molecule has 0 fully saturated rings. The summed E-state index contributed by atoms with van der Waals surface area (Å²) in [5.41, 5.74) is 4.23. The summed E-state index contributed by atoms with van der Waals surface area (Å²) in [6, 6.07) is 5.55. The van der Waals surface area contributed by atoms with Crippen LogP contribution >= 0.6 is 42.3 Å². The van der Waals surface area contributed by atoms with Gasteiger partial charge in [0.05, 0.1) is 29.4 Å². The van der Waals surface area contributed by atoms with E-state index >= 15 is 0 Å². The smallest absolute Gasteiger partial charge is 0.363 e. The van der Waals surface area contributed by atoms with Crippen molar-refractivity contribution in [3.05, 3.63) is 51.4 Å². The van der Waals surface area contributed by atoms with Crippen LogP contribution in [0.25, 0.3) is 11.4 Å². The van der Waals surface area contributed by atoms with Crippen LogP contribution in [0.2, 0.25) is 5.02 Å². The minimum atomic E-state index is -5.57. The number of hydrogen-bond donors (Lipinski definition) is 3. The average molecular weight is 638 g/mol. The molecule has 13 nitrogen and oxygen atoms in total. The van der Waals surface area contributed by atoms with Gasteiger partial charge < -0.3 is 15.5 Å². The third kappa shape index (κ3) is 6.22. The Bertz CT molecular complexity index is 1320. The van der Waals surface area contributed by atoms with E-state index in [4.69, 9.17) is 27.1 Å². The summed E-state index contributed by atoms with van der Waals surface area (Å²) >= 11 is 7.45. The number of benzene rings is 1. The van der Waals surface area contributed by atoms with Crippen molar-refractivity contribution in [1.82, 2.24) is 27.3 Å². The van der Waals surface area contributed by atoms with Crippen molar-refractivity contribution in [2.45, 2.75) is 25.4 Å². The molecule has 0 bridgehead atoms. The third-order valence-corrected chi connectivity index (χ3v) is 5.58. The highest BCUT2D eigenvalue weighted by molar-refractivity contribution is 14.1. The van der Waals surface area contributed by atoms with Gasteiger partial charge in [-0.2, -0.15) is 16.1 Å². The molecule has 184 valence electrons. The molecule has 3 aromatic rings. The summed E-state index contributed by atoms with van der Waals surface area (Å²) in [7, 11) is -5.57. The minimum absolute atomic E-state index is 0.101. The minimum Gasteiger partial charge on any atom is -0.363 e. The number of halogens is 5. The molecule has 0 aliphatic rings. The van der Waals surface area contributed by atoms with Crippen molar-refractivity contribution in [2.75, 3.05) is 0 Å². The molecule has 0 unspecified atom stereocenters. The number of carbonyl (C=O) groups excluding carboxylic acids is 1. The Morgan fingerprint density at radius 3 is 2.38 bits per heavy atom. The van der Waals surface area contributed by atoms with E-state index in [1.807, 2.05) is 0 Å². The molecule has 4 N–H and O–H groups in total. The summed E-state index contributed by atoms with van der Waals surface area (Å²) < 4.78 is 57.5. The first-order valence-electron chi connectivity index (χ1n) is 8.82. The molecule has 1 aromatic carbocycles. The number of rotatable bonds is 8. The molecule has 1 atom stereocenters. The van der Waals surface area contributed by atoms with Gasteiger partial charge in [0.15, 0.2) is 17.8 Å². The van der Waals surface area contributed by atoms with Gasteiger partial charge in [-0.25, -0.2) is 19.0 Å². The molecule has 34 heavy (non-hydrogen) atoms. The molecule has 0 radical (unpaired) electrons. The van der Waals surface area contributed by atoms with Crippen molar-refractivity contribution in [3.63, 3.8) is 0 Å². The van der Waals surface area contributed by atoms with Crippen LogP contribution < -0.4 is 11.4 Å². The standard InChI is InChI=1S/C15H13ClF3IN7O6P/c16-8-3-1-7(2-4-8)12-24-26(6-10-22-13(11(21)28)27(20)23-10)14(29)25(12)5-9(15(17,18)19)33-34(30,31)32/h1-4,9H,5-6H2,(H2,21,28)(H2,30,31,32)/t9-/m0/s1. The molecule has 0 aliphatic carbocycles. The lowest BCUT2D eigenvalue weighted by Gasteiger charge is -2.21. The van der Waals surface area contributed by atoms with Crippen LogP contribution in [0.15, 0.2) is 29.1 Å². The maximum atomic E-state index is 13.4. The van der Waals surface area contributed by atoms with E-state index in [0.717, 1.165) is 2.90 Å². The Morgan fingerprint density at radius 1 is 1.26 bits per heavy atom. The van der Waals surface area contributed by atoms with Gasteiger partial charge in [0.2, 0.25) is 5.82 Å². The predicted octanol–water partition coefficient (Wildman–Crippen LogP) is 1.34. The molecule has 0 saturated heterocycles. The van der Waals surface area contributed by atoms with E-state index < -0.39 is 44.8 Å². The molecular weight excluding hydrogens is 625 g/mol. The second-order valence-electron chi connectivity index (χ2n) is 6.58. The van der Waals surface area contributed by atoms with Gasteiger partial charge in [-0.3, -0.25) is 13.9 Å². The number of hydrogen-bond acceptors (Lipinski definition) is 7. The maximum Gasteiger partial charge on any atom is 0.470 e. The number of carbonyl (C=O) groups is 1. The Morgan fingerprint density at radius 2 is 1.88 bits per heavy atom. The molecule has 0 aliphatic heterocycles. The summed E-state index contributed by atoms with van der Waals surface area (Å²) in [4.78, 5) is 46.0. The van der Waals surface area contributed by atoms with Gasteiger partial charge in [0.25, 0.3) is 5.91 Å². The van der Waals surface area contributed by atoms with Crippen molar-refractivity contribution in [1.29, 1.82) is 0 Å². The first-order chi connectivity index (χ1) is 15.7. The number of phosphoric acid groups is 1. The summed E-state index contributed by atoms with van der Waals surface area (Å²) in [5.74, 6) is -1.53. The van der Waals surface area contributed by atoms with Crippen molar-refractivity contribution >= 4 is 48.2 Å². The molecule has 1 amide bonds. The fourth-order valence-electron chi connectivity index (χ4n) is 2.73. The van der Waals surface area contributed by atoms with E-state index in [1.165, 1.54) is 24.3 Å². The van der Waals surface area contributed by atoms with Crippen LogP contribution in [-0.4, -0.2) is 55.3 Å². The third-order valence-electron chi connectivity index (χ3n) is 4.13. The van der Waals surface area contributed by atoms with Crippen LogP contribution in [0.5, 0.6) is 0 Å². The summed E-state index contributed by atoms with van der Waals surface area (Å²) in [6.07, 6.45) is -8.28. The number of phosphoric ester groups is 1. The first kappa shape index (κ1) is 26.3. The van der Waals surface area contributed by atoms with Gasteiger partial charge in [-0.05, 0) is 24.3 Å². The molecule has 3 rings (SSSR count). The second-order valence-corrected chi connectivity index (χ2v) is 9.13. The molecule has 2 heterocycles. The van der Waals surface area contributed by atoms with Gasteiger partial charge in [-0.15, -0.1) is 10.2 Å². The van der Waals surface area contributed by atoms with E-state index in [-0.39, 0.29) is 23.0 Å². The topological polar surface area (TPSA) is 180 Å². The van der Waals surface area contributed by atoms with Gasteiger partial charge in [0, 0.05) is 10.6 Å². The summed E-state index contributed by atoms with van der Waals surface area (Å²) in [6.45, 7) is -1.79. The summed E-state index contributed by atoms with van der Waals surface area (Å²) in [5, 5.41) is 8.21. The predicted molar refractivity (Wildman–Crippen MR) is 117 cm³/mol. The number of alkyl halides is 3. The van der Waals surface area contributed by atoms with Crippen molar-refractivity contribution in [2.24, 2.45) is 5.73 Å². The number of nitrogens with two attached hydrogens (primary N) is 1. The number of aromatic nitrogens is 6. The normalized spacial score (nSPS) is 13.3. The van der Waals surface area contributed by atoms with Crippen LogP contribution in [-0.2, 0) is 22.2 Å². The SMILES string of the molecule is NC(=O)c1nc(Cn2nc(-c3ccc(Cl)cc3)n(C[C@H](OP(=O)(O)O)C(F)(F)F)c2=O)nn1I. The molecule has 2 aromatic heterocycles. The van der Waals surface area contributed by atoms with E-state index in [0.29, 0.717) is 14.3 Å². The molecule has 19 heteroatoms. The zero-order valence-electron chi connectivity index (χ0n) is 16.4. The lowest BCUT2D eigenvalue weighted by Crippen LogP contribution is -2.38. The second kappa shape index (κ2) is 9.74. The average Bonchev–Trinajstić information content (AvgIpc) is 3.21. The van der Waals surface area contributed by atoms with E-state index in [2.05, 4.69) is 19.7 Å². The Kier molecular flexibility index (Phi) is 7.54. The largest absolute Gasteiger partial charge is 0.470 e. The van der Waals surface area contributed by atoms with E-state index in [9.17, 15) is 27.3 Å².